The third kappa shape index (κ3) is 2.51. The van der Waals surface area contributed by atoms with Gasteiger partial charge in [-0.15, -0.1) is 0 Å². The van der Waals surface area contributed by atoms with Gasteiger partial charge in [-0.1, -0.05) is 40.2 Å². The lowest BCUT2D eigenvalue weighted by Crippen LogP contribution is -2.36. The number of hydrogen-bond donors (Lipinski definition) is 0. The normalized spacial score (nSPS) is 14.0. The molecule has 0 aliphatic carbocycles. The zero-order valence-electron chi connectivity index (χ0n) is 12.3. The molecule has 0 unspecified atom stereocenters. The van der Waals surface area contributed by atoms with Crippen LogP contribution in [0.25, 0.3) is 0 Å². The molecule has 0 saturated carbocycles. The van der Waals surface area contributed by atoms with Crippen molar-refractivity contribution in [1.82, 2.24) is 0 Å². The topological polar surface area (TPSA) is 20.3 Å². The van der Waals surface area contributed by atoms with Gasteiger partial charge in [0, 0.05) is 16.6 Å². The SMILES string of the molecule is Cc1cccc2c1N(C(=O)c1cccc(Br)c1C)CCC2. The van der Waals surface area contributed by atoms with Gasteiger partial charge < -0.3 is 4.90 Å². The molecule has 108 valence electrons. The second-order valence-electron chi connectivity index (χ2n) is 5.56. The minimum Gasteiger partial charge on any atom is -0.308 e. The van der Waals surface area contributed by atoms with Crippen LogP contribution in [0.5, 0.6) is 0 Å². The summed E-state index contributed by atoms with van der Waals surface area (Å²) >= 11 is 3.51. The first-order valence-corrected chi connectivity index (χ1v) is 8.04. The van der Waals surface area contributed by atoms with Crippen molar-refractivity contribution in [3.8, 4) is 0 Å². The summed E-state index contributed by atoms with van der Waals surface area (Å²) in [6.07, 6.45) is 2.08. The van der Waals surface area contributed by atoms with Gasteiger partial charge in [-0.2, -0.15) is 0 Å². The highest BCUT2D eigenvalue weighted by Crippen LogP contribution is 2.32. The number of anilines is 1. The Hall–Kier alpha value is -1.61. The Kier molecular flexibility index (Phi) is 3.85. The smallest absolute Gasteiger partial charge is 0.258 e. The summed E-state index contributed by atoms with van der Waals surface area (Å²) < 4.78 is 0.982. The molecule has 2 aromatic carbocycles. The minimum atomic E-state index is 0.101. The summed E-state index contributed by atoms with van der Waals surface area (Å²) in [4.78, 5) is 14.9. The van der Waals surface area contributed by atoms with Gasteiger partial charge in [0.2, 0.25) is 0 Å². The van der Waals surface area contributed by atoms with E-state index in [1.165, 1.54) is 11.1 Å². The standard InChI is InChI=1S/C18H18BrNO/c1-12-6-3-7-14-8-5-11-20(17(12)14)18(21)15-9-4-10-16(19)13(15)2/h3-4,6-7,9-10H,5,8,11H2,1-2H3. The van der Waals surface area contributed by atoms with Crippen molar-refractivity contribution in [3.05, 3.63) is 63.1 Å². The number of fused-ring (bicyclic) bond motifs is 1. The Labute approximate surface area is 133 Å². The Balaban J connectivity index is 2.07. The molecule has 0 spiro atoms. The molecule has 21 heavy (non-hydrogen) atoms. The van der Waals surface area contributed by atoms with Crippen LogP contribution in [0, 0.1) is 13.8 Å². The molecule has 2 nitrogen and oxygen atoms in total. The lowest BCUT2D eigenvalue weighted by Gasteiger charge is -2.31. The highest BCUT2D eigenvalue weighted by molar-refractivity contribution is 9.10. The number of halogens is 1. The van der Waals surface area contributed by atoms with Crippen molar-refractivity contribution in [2.24, 2.45) is 0 Å². The molecule has 2 aromatic rings. The van der Waals surface area contributed by atoms with Crippen LogP contribution in [0.4, 0.5) is 5.69 Å². The van der Waals surface area contributed by atoms with Gasteiger partial charge in [-0.25, -0.2) is 0 Å². The van der Waals surface area contributed by atoms with Crippen LogP contribution >= 0.6 is 15.9 Å². The first-order chi connectivity index (χ1) is 10.1. The van der Waals surface area contributed by atoms with Gasteiger partial charge in [0.25, 0.3) is 5.91 Å². The van der Waals surface area contributed by atoms with Crippen LogP contribution in [0.3, 0.4) is 0 Å². The lowest BCUT2D eigenvalue weighted by molar-refractivity contribution is 0.0984. The summed E-state index contributed by atoms with van der Waals surface area (Å²) in [6, 6.07) is 12.1. The molecule has 3 heteroatoms. The van der Waals surface area contributed by atoms with E-state index in [1.807, 2.05) is 30.0 Å². The highest BCUT2D eigenvalue weighted by Gasteiger charge is 2.26. The van der Waals surface area contributed by atoms with Crippen molar-refractivity contribution < 1.29 is 4.79 Å². The number of nitrogens with zero attached hydrogens (tertiary/aromatic N) is 1. The van der Waals surface area contributed by atoms with Crippen molar-refractivity contribution in [3.63, 3.8) is 0 Å². The number of benzene rings is 2. The molecule has 0 atom stereocenters. The molecule has 1 heterocycles. The lowest BCUT2D eigenvalue weighted by atomic mass is 9.97. The average Bonchev–Trinajstić information content (AvgIpc) is 2.49. The van der Waals surface area contributed by atoms with E-state index in [4.69, 9.17) is 0 Å². The quantitative estimate of drug-likeness (QED) is 0.737. The molecular formula is C18H18BrNO. The molecule has 0 radical (unpaired) electrons. The zero-order chi connectivity index (χ0) is 15.0. The third-order valence-corrected chi connectivity index (χ3v) is 5.02. The molecule has 0 bridgehead atoms. The summed E-state index contributed by atoms with van der Waals surface area (Å²) in [5, 5.41) is 0. The van der Waals surface area contributed by atoms with Gasteiger partial charge in [-0.05, 0) is 55.5 Å². The first kappa shape index (κ1) is 14.3. The molecule has 0 N–H and O–H groups in total. The van der Waals surface area contributed by atoms with E-state index in [-0.39, 0.29) is 5.91 Å². The van der Waals surface area contributed by atoms with Crippen molar-refractivity contribution in [2.45, 2.75) is 26.7 Å². The monoisotopic (exact) mass is 343 g/mol. The van der Waals surface area contributed by atoms with E-state index in [0.29, 0.717) is 0 Å². The number of rotatable bonds is 1. The Morgan fingerprint density at radius 3 is 2.71 bits per heavy atom. The second kappa shape index (κ2) is 5.64. The largest absolute Gasteiger partial charge is 0.308 e. The Morgan fingerprint density at radius 2 is 1.90 bits per heavy atom. The predicted molar refractivity (Wildman–Crippen MR) is 90.1 cm³/mol. The highest BCUT2D eigenvalue weighted by atomic mass is 79.9. The van der Waals surface area contributed by atoms with E-state index in [2.05, 4.69) is 41.1 Å². The number of hydrogen-bond acceptors (Lipinski definition) is 1. The molecular weight excluding hydrogens is 326 g/mol. The van der Waals surface area contributed by atoms with Crippen molar-refractivity contribution in [1.29, 1.82) is 0 Å². The molecule has 1 aliphatic rings. The maximum absolute atomic E-state index is 13.0. The Bertz CT molecular complexity index is 708. The maximum atomic E-state index is 13.0. The zero-order valence-corrected chi connectivity index (χ0v) is 13.9. The van der Waals surface area contributed by atoms with Crippen LogP contribution in [-0.4, -0.2) is 12.5 Å². The summed E-state index contributed by atoms with van der Waals surface area (Å²) in [5.41, 5.74) is 5.34. The van der Waals surface area contributed by atoms with E-state index >= 15 is 0 Å². The van der Waals surface area contributed by atoms with Gasteiger partial charge in [0.05, 0.1) is 5.69 Å². The molecule has 3 rings (SSSR count). The third-order valence-electron chi connectivity index (χ3n) is 4.16. The molecule has 0 aromatic heterocycles. The van der Waals surface area contributed by atoms with Crippen molar-refractivity contribution >= 4 is 27.5 Å². The number of aryl methyl sites for hydroxylation is 2. The van der Waals surface area contributed by atoms with Gasteiger partial charge in [-0.3, -0.25) is 4.79 Å². The molecule has 0 fully saturated rings. The van der Waals surface area contributed by atoms with E-state index in [9.17, 15) is 4.79 Å². The van der Waals surface area contributed by atoms with Crippen LogP contribution in [-0.2, 0) is 6.42 Å². The van der Waals surface area contributed by atoms with Crippen LogP contribution in [0.15, 0.2) is 40.9 Å². The average molecular weight is 344 g/mol. The maximum Gasteiger partial charge on any atom is 0.258 e. The molecule has 1 aliphatic heterocycles. The number of para-hydroxylation sites is 1. The fourth-order valence-electron chi connectivity index (χ4n) is 3.03. The fourth-order valence-corrected chi connectivity index (χ4v) is 3.40. The fraction of sp³-hybridized carbons (Fsp3) is 0.278. The van der Waals surface area contributed by atoms with Crippen LogP contribution in [0.1, 0.15) is 33.5 Å². The predicted octanol–water partition coefficient (Wildman–Crippen LogP) is 4.66. The van der Waals surface area contributed by atoms with Crippen molar-refractivity contribution in [2.75, 3.05) is 11.4 Å². The summed E-state index contributed by atoms with van der Waals surface area (Å²) in [5.74, 6) is 0.101. The first-order valence-electron chi connectivity index (χ1n) is 7.25. The van der Waals surface area contributed by atoms with Gasteiger partial charge in [0.15, 0.2) is 0 Å². The number of carbonyl (C=O) groups excluding carboxylic acids is 1. The second-order valence-corrected chi connectivity index (χ2v) is 6.41. The van der Waals surface area contributed by atoms with Gasteiger partial charge >= 0.3 is 0 Å². The van der Waals surface area contributed by atoms with E-state index in [1.54, 1.807) is 0 Å². The van der Waals surface area contributed by atoms with Crippen LogP contribution < -0.4 is 4.90 Å². The molecule has 1 amide bonds. The number of carbonyl (C=O) groups is 1. The minimum absolute atomic E-state index is 0.101. The van der Waals surface area contributed by atoms with Crippen LogP contribution in [0.2, 0.25) is 0 Å². The van der Waals surface area contributed by atoms with E-state index in [0.717, 1.165) is 40.7 Å². The molecule has 0 saturated heterocycles. The van der Waals surface area contributed by atoms with Gasteiger partial charge in [0.1, 0.15) is 0 Å². The Morgan fingerprint density at radius 1 is 1.14 bits per heavy atom. The van der Waals surface area contributed by atoms with E-state index < -0.39 is 0 Å². The summed E-state index contributed by atoms with van der Waals surface area (Å²) in [6.45, 7) is 4.86. The number of amides is 1. The summed E-state index contributed by atoms with van der Waals surface area (Å²) in [7, 11) is 0.